The van der Waals surface area contributed by atoms with Gasteiger partial charge in [0.1, 0.15) is 10.8 Å². The molecule has 3 aromatic carbocycles. The lowest BCUT2D eigenvalue weighted by atomic mass is 9.94. The van der Waals surface area contributed by atoms with E-state index in [-0.39, 0.29) is 32.7 Å². The first-order valence-electron chi connectivity index (χ1n) is 11.4. The summed E-state index contributed by atoms with van der Waals surface area (Å²) in [6, 6.07) is 15.2. The number of Topliss-reactive ketones (excluding diaryl/α,β-unsaturated/α-hetero) is 1. The molecule has 1 aliphatic heterocycles. The van der Waals surface area contributed by atoms with Crippen molar-refractivity contribution >= 4 is 52.0 Å². The van der Waals surface area contributed by atoms with Gasteiger partial charge < -0.3 is 19.5 Å². The van der Waals surface area contributed by atoms with Crippen molar-refractivity contribution in [1.82, 2.24) is 0 Å². The SMILES string of the molecule is COc1c(Cl)cc(/C(O)=C2\C(=O)C(=O)N(c3cccc(C)c3)C2c2ccc(N(C)C)cc2)c(OC)c1Cl. The smallest absolute Gasteiger partial charge is 0.300 e. The van der Waals surface area contributed by atoms with Crippen molar-refractivity contribution < 1.29 is 24.2 Å². The third kappa shape index (κ3) is 4.61. The van der Waals surface area contributed by atoms with Crippen molar-refractivity contribution in [2.24, 2.45) is 0 Å². The number of aliphatic hydroxyl groups excluding tert-OH is 1. The molecule has 0 bridgehead atoms. The minimum atomic E-state index is -0.914. The summed E-state index contributed by atoms with van der Waals surface area (Å²) in [4.78, 5) is 30.3. The van der Waals surface area contributed by atoms with Crippen molar-refractivity contribution in [2.75, 3.05) is 38.1 Å². The Morgan fingerprint density at radius 3 is 2.19 bits per heavy atom. The number of rotatable bonds is 6. The summed E-state index contributed by atoms with van der Waals surface area (Å²) < 4.78 is 10.7. The second-order valence-electron chi connectivity index (χ2n) is 8.78. The number of anilines is 2. The third-order valence-electron chi connectivity index (χ3n) is 6.24. The summed E-state index contributed by atoms with van der Waals surface area (Å²) >= 11 is 12.8. The predicted octanol–water partition coefficient (Wildman–Crippen LogP) is 6.01. The first-order chi connectivity index (χ1) is 17.6. The zero-order chi connectivity index (χ0) is 27.0. The second kappa shape index (κ2) is 10.4. The normalized spacial score (nSPS) is 16.7. The largest absolute Gasteiger partial charge is 0.507 e. The number of nitrogens with zero attached hydrogens (tertiary/aromatic N) is 2. The molecule has 0 radical (unpaired) electrons. The van der Waals surface area contributed by atoms with E-state index in [1.165, 1.54) is 25.2 Å². The van der Waals surface area contributed by atoms with Crippen LogP contribution < -0.4 is 19.3 Å². The molecule has 1 heterocycles. The van der Waals surface area contributed by atoms with Crippen LogP contribution in [-0.2, 0) is 9.59 Å². The van der Waals surface area contributed by atoms with E-state index >= 15 is 0 Å². The molecule has 1 fully saturated rings. The molecule has 1 unspecified atom stereocenters. The molecule has 1 atom stereocenters. The van der Waals surface area contributed by atoms with Crippen LogP contribution in [0.4, 0.5) is 11.4 Å². The van der Waals surface area contributed by atoms with Crippen LogP contribution in [0.15, 0.2) is 60.2 Å². The van der Waals surface area contributed by atoms with E-state index in [1.54, 1.807) is 6.07 Å². The number of ether oxygens (including phenoxy) is 2. The topological polar surface area (TPSA) is 79.3 Å². The van der Waals surface area contributed by atoms with Gasteiger partial charge in [0.2, 0.25) is 0 Å². The molecule has 1 N–H and O–H groups in total. The number of carbonyl (C=O) groups excluding carboxylic acids is 2. The van der Waals surface area contributed by atoms with Gasteiger partial charge in [0.15, 0.2) is 11.5 Å². The molecule has 3 aromatic rings. The van der Waals surface area contributed by atoms with Gasteiger partial charge in [-0.25, -0.2) is 0 Å². The minimum absolute atomic E-state index is 0.0267. The fourth-order valence-electron chi connectivity index (χ4n) is 4.44. The molecule has 1 aliphatic rings. The van der Waals surface area contributed by atoms with Gasteiger partial charge in [0.05, 0.1) is 36.4 Å². The van der Waals surface area contributed by atoms with Crippen molar-refractivity contribution in [3.63, 3.8) is 0 Å². The fourth-order valence-corrected chi connectivity index (χ4v) is 5.13. The summed E-state index contributed by atoms with van der Waals surface area (Å²) in [7, 11) is 6.60. The lowest BCUT2D eigenvalue weighted by Crippen LogP contribution is -2.29. The third-order valence-corrected chi connectivity index (χ3v) is 6.87. The number of methoxy groups -OCH3 is 2. The molecular weight excluding hydrogens is 515 g/mol. The van der Waals surface area contributed by atoms with Crippen LogP contribution >= 0.6 is 23.2 Å². The summed E-state index contributed by atoms with van der Waals surface area (Å²) in [5, 5.41) is 11.7. The Labute approximate surface area is 225 Å². The highest BCUT2D eigenvalue weighted by Gasteiger charge is 2.47. The van der Waals surface area contributed by atoms with Gasteiger partial charge in [-0.1, -0.05) is 47.5 Å². The number of halogens is 2. The first kappa shape index (κ1) is 26.4. The van der Waals surface area contributed by atoms with Crippen molar-refractivity contribution in [1.29, 1.82) is 0 Å². The van der Waals surface area contributed by atoms with Crippen LogP contribution in [0.1, 0.15) is 22.7 Å². The predicted molar refractivity (Wildman–Crippen MR) is 146 cm³/mol. The quantitative estimate of drug-likeness (QED) is 0.234. The minimum Gasteiger partial charge on any atom is -0.507 e. The molecule has 4 rings (SSSR count). The number of amides is 1. The van der Waals surface area contributed by atoms with E-state index in [2.05, 4.69) is 0 Å². The Bertz CT molecular complexity index is 1420. The van der Waals surface area contributed by atoms with Gasteiger partial charge >= 0.3 is 0 Å². The molecule has 0 saturated carbocycles. The lowest BCUT2D eigenvalue weighted by Gasteiger charge is -2.26. The van der Waals surface area contributed by atoms with Gasteiger partial charge in [-0.2, -0.15) is 0 Å². The number of carbonyl (C=O) groups is 2. The van der Waals surface area contributed by atoms with Crippen LogP contribution in [-0.4, -0.2) is 45.1 Å². The van der Waals surface area contributed by atoms with Gasteiger partial charge in [-0.05, 0) is 48.4 Å². The summed E-state index contributed by atoms with van der Waals surface area (Å²) in [5.41, 5.74) is 2.97. The highest BCUT2D eigenvalue weighted by Crippen LogP contribution is 2.48. The zero-order valence-corrected chi connectivity index (χ0v) is 22.5. The maximum absolute atomic E-state index is 13.5. The number of benzene rings is 3. The Kier molecular flexibility index (Phi) is 7.39. The fraction of sp³-hybridized carbons (Fsp3) is 0.214. The molecule has 0 aromatic heterocycles. The van der Waals surface area contributed by atoms with Gasteiger partial charge in [0, 0.05) is 25.5 Å². The highest BCUT2D eigenvalue weighted by atomic mass is 35.5. The van der Waals surface area contributed by atoms with Crippen molar-refractivity contribution in [2.45, 2.75) is 13.0 Å². The van der Waals surface area contributed by atoms with Crippen LogP contribution in [0, 0.1) is 6.92 Å². The van der Waals surface area contributed by atoms with E-state index in [1.807, 2.05) is 68.4 Å². The molecule has 0 spiro atoms. The van der Waals surface area contributed by atoms with Gasteiger partial charge in [0.25, 0.3) is 11.7 Å². The summed E-state index contributed by atoms with van der Waals surface area (Å²) in [6.07, 6.45) is 0. The maximum atomic E-state index is 13.5. The van der Waals surface area contributed by atoms with Crippen LogP contribution in [0.25, 0.3) is 5.76 Å². The highest BCUT2D eigenvalue weighted by molar-refractivity contribution is 6.52. The van der Waals surface area contributed by atoms with E-state index in [0.717, 1.165) is 11.3 Å². The number of hydrogen-bond acceptors (Lipinski definition) is 6. The molecule has 9 heteroatoms. The van der Waals surface area contributed by atoms with Crippen LogP contribution in [0.3, 0.4) is 0 Å². The molecule has 7 nitrogen and oxygen atoms in total. The van der Waals surface area contributed by atoms with Gasteiger partial charge in [-0.15, -0.1) is 0 Å². The van der Waals surface area contributed by atoms with E-state index in [4.69, 9.17) is 32.7 Å². The Hall–Kier alpha value is -3.68. The lowest BCUT2D eigenvalue weighted by molar-refractivity contribution is -0.132. The van der Waals surface area contributed by atoms with E-state index < -0.39 is 23.5 Å². The standard InChI is InChI=1S/C28H26Cl2N2O5/c1-15-7-6-8-18(13-15)32-23(16-9-11-17(12-10-16)31(2)3)21(25(34)28(32)35)24(33)19-14-20(29)27(37-5)22(30)26(19)36-4/h6-14,23,33H,1-5H3/b24-21+. The Morgan fingerprint density at radius 2 is 1.62 bits per heavy atom. The first-order valence-corrected chi connectivity index (χ1v) is 12.1. The van der Waals surface area contributed by atoms with Crippen molar-refractivity contribution in [3.8, 4) is 11.5 Å². The summed E-state index contributed by atoms with van der Waals surface area (Å²) in [6.45, 7) is 1.90. The average molecular weight is 541 g/mol. The van der Waals surface area contributed by atoms with Crippen LogP contribution in [0.5, 0.6) is 11.5 Å². The number of aryl methyl sites for hydroxylation is 1. The number of ketones is 1. The summed E-state index contributed by atoms with van der Waals surface area (Å²) in [5.74, 6) is -1.85. The maximum Gasteiger partial charge on any atom is 0.300 e. The molecular formula is C28H26Cl2N2O5. The van der Waals surface area contributed by atoms with Gasteiger partial charge in [-0.3, -0.25) is 14.5 Å². The molecule has 37 heavy (non-hydrogen) atoms. The van der Waals surface area contributed by atoms with E-state index in [0.29, 0.717) is 11.3 Å². The van der Waals surface area contributed by atoms with Crippen LogP contribution in [0.2, 0.25) is 10.0 Å². The Morgan fingerprint density at radius 1 is 0.973 bits per heavy atom. The van der Waals surface area contributed by atoms with E-state index in [9.17, 15) is 14.7 Å². The Balaban J connectivity index is 2.01. The average Bonchev–Trinajstić information content (AvgIpc) is 3.13. The van der Waals surface area contributed by atoms with Crippen molar-refractivity contribution in [3.05, 3.63) is 86.9 Å². The molecule has 0 aliphatic carbocycles. The molecule has 1 amide bonds. The second-order valence-corrected chi connectivity index (χ2v) is 9.57. The number of aliphatic hydroxyl groups is 1. The molecule has 192 valence electrons. The monoisotopic (exact) mass is 540 g/mol. The number of hydrogen-bond donors (Lipinski definition) is 1. The molecule has 1 saturated heterocycles. The zero-order valence-electron chi connectivity index (χ0n) is 21.0.